The Morgan fingerprint density at radius 3 is 2.39 bits per heavy atom. The van der Waals surface area contributed by atoms with Gasteiger partial charge < -0.3 is 14.8 Å². The second kappa shape index (κ2) is 9.04. The minimum absolute atomic E-state index is 0.0504. The van der Waals surface area contributed by atoms with Gasteiger partial charge in [-0.05, 0) is 12.1 Å². The first-order valence-corrected chi connectivity index (χ1v) is 7.76. The number of hydrogen-bond donors (Lipinski definition) is 1. The van der Waals surface area contributed by atoms with Gasteiger partial charge in [0.1, 0.15) is 17.9 Å². The van der Waals surface area contributed by atoms with Crippen molar-refractivity contribution in [2.24, 2.45) is 0 Å². The number of carbonyl (C=O) groups excluding carboxylic acids is 1. The van der Waals surface area contributed by atoms with Gasteiger partial charge in [-0.3, -0.25) is 9.48 Å². The van der Waals surface area contributed by atoms with Gasteiger partial charge in [-0.25, -0.2) is 17.6 Å². The SMILES string of the molecule is COc1cc(NC(=O)Cn2nc(C(F)F)c(Cl)c2C(F)F)ccc1OC(F)F. The van der Waals surface area contributed by atoms with Gasteiger partial charge in [0, 0.05) is 11.8 Å². The van der Waals surface area contributed by atoms with Gasteiger partial charge in [-0.15, -0.1) is 0 Å². The maximum atomic E-state index is 13.1. The van der Waals surface area contributed by atoms with E-state index in [0.717, 1.165) is 12.1 Å². The molecule has 0 atom stereocenters. The van der Waals surface area contributed by atoms with E-state index in [-0.39, 0.29) is 17.2 Å². The summed E-state index contributed by atoms with van der Waals surface area (Å²) in [5, 5.41) is 4.61. The molecule has 0 aliphatic rings. The summed E-state index contributed by atoms with van der Waals surface area (Å²) in [5.41, 5.74) is -2.04. The number of aromatic nitrogens is 2. The molecule has 6 nitrogen and oxygen atoms in total. The molecule has 0 unspecified atom stereocenters. The molecule has 0 saturated heterocycles. The summed E-state index contributed by atoms with van der Waals surface area (Å²) in [6, 6.07) is 3.42. The number of nitrogens with one attached hydrogen (secondary N) is 1. The molecule has 28 heavy (non-hydrogen) atoms. The number of benzene rings is 1. The van der Waals surface area contributed by atoms with Gasteiger partial charge in [-0.2, -0.15) is 13.9 Å². The summed E-state index contributed by atoms with van der Waals surface area (Å²) in [6.07, 6.45) is -6.45. The molecule has 0 spiro atoms. The molecule has 0 fully saturated rings. The third kappa shape index (κ3) is 5.00. The minimum Gasteiger partial charge on any atom is -0.493 e. The zero-order chi connectivity index (χ0) is 21.0. The van der Waals surface area contributed by atoms with Gasteiger partial charge >= 0.3 is 6.61 Å². The Morgan fingerprint density at radius 2 is 1.86 bits per heavy atom. The van der Waals surface area contributed by atoms with Crippen LogP contribution in [0.3, 0.4) is 0 Å². The lowest BCUT2D eigenvalue weighted by molar-refractivity contribution is -0.117. The van der Waals surface area contributed by atoms with Crippen LogP contribution in [0.25, 0.3) is 0 Å². The van der Waals surface area contributed by atoms with E-state index in [1.54, 1.807) is 0 Å². The summed E-state index contributed by atoms with van der Waals surface area (Å²) in [4.78, 5) is 12.1. The average molecular weight is 432 g/mol. The molecule has 0 aliphatic carbocycles. The third-order valence-corrected chi connectivity index (χ3v) is 3.71. The van der Waals surface area contributed by atoms with Crippen LogP contribution in [0.5, 0.6) is 11.5 Å². The van der Waals surface area contributed by atoms with Crippen molar-refractivity contribution < 1.29 is 40.6 Å². The summed E-state index contributed by atoms with van der Waals surface area (Å²) < 4.78 is 85.8. The highest BCUT2D eigenvalue weighted by Gasteiger charge is 2.28. The van der Waals surface area contributed by atoms with E-state index in [9.17, 15) is 31.1 Å². The van der Waals surface area contributed by atoms with E-state index in [4.69, 9.17) is 16.3 Å². The third-order valence-electron chi connectivity index (χ3n) is 3.33. The van der Waals surface area contributed by atoms with Crippen LogP contribution in [0.4, 0.5) is 32.0 Å². The van der Waals surface area contributed by atoms with Crippen LogP contribution in [0.2, 0.25) is 5.02 Å². The molecule has 0 aliphatic heterocycles. The first kappa shape index (κ1) is 21.7. The number of ether oxygens (including phenoxy) is 2. The average Bonchev–Trinajstić information content (AvgIpc) is 2.92. The number of anilines is 1. The quantitative estimate of drug-likeness (QED) is 0.617. The molecule has 2 rings (SSSR count). The summed E-state index contributed by atoms with van der Waals surface area (Å²) in [5.74, 6) is -1.34. The topological polar surface area (TPSA) is 65.4 Å². The minimum atomic E-state index is -3.24. The van der Waals surface area contributed by atoms with Crippen molar-refractivity contribution in [3.05, 3.63) is 34.6 Å². The van der Waals surface area contributed by atoms with Crippen molar-refractivity contribution >= 4 is 23.2 Å². The Balaban J connectivity index is 2.20. The van der Waals surface area contributed by atoms with Gasteiger partial charge in [0.05, 0.1) is 12.1 Å². The molecule has 13 heteroatoms. The molecule has 0 radical (unpaired) electrons. The van der Waals surface area contributed by atoms with Crippen molar-refractivity contribution in [2.45, 2.75) is 26.0 Å². The molecule has 1 amide bonds. The summed E-state index contributed by atoms with van der Waals surface area (Å²) in [7, 11) is 1.17. The predicted octanol–water partition coefficient (Wildman–Crippen LogP) is 4.66. The van der Waals surface area contributed by atoms with Crippen molar-refractivity contribution in [1.82, 2.24) is 9.78 Å². The number of carbonyl (C=O) groups is 1. The Kier molecular flexibility index (Phi) is 7.00. The standard InChI is InChI=1S/C15H12ClF6N3O3/c1-27-8-4-6(2-3-7(8)28-15(21)22)23-9(26)5-25-12(14(19)20)10(16)11(24-25)13(17)18/h2-4,13-15H,5H2,1H3,(H,23,26). The number of methoxy groups -OCH3 is 1. The van der Waals surface area contributed by atoms with Crippen LogP contribution in [0, 0.1) is 0 Å². The molecule has 1 aromatic carbocycles. The van der Waals surface area contributed by atoms with Crippen LogP contribution >= 0.6 is 11.6 Å². The number of hydrogen-bond acceptors (Lipinski definition) is 4. The smallest absolute Gasteiger partial charge is 0.387 e. The fraction of sp³-hybridized carbons (Fsp3) is 0.333. The fourth-order valence-corrected chi connectivity index (χ4v) is 2.52. The Hall–Kier alpha value is -2.63. The Labute approximate surface area is 159 Å². The summed E-state index contributed by atoms with van der Waals surface area (Å²) in [6.45, 7) is -3.94. The lowest BCUT2D eigenvalue weighted by Crippen LogP contribution is -2.21. The highest BCUT2D eigenvalue weighted by atomic mass is 35.5. The largest absolute Gasteiger partial charge is 0.493 e. The zero-order valence-electron chi connectivity index (χ0n) is 13.9. The Morgan fingerprint density at radius 1 is 1.18 bits per heavy atom. The zero-order valence-corrected chi connectivity index (χ0v) is 14.7. The maximum absolute atomic E-state index is 13.1. The van der Waals surface area contributed by atoms with E-state index in [1.807, 2.05) is 0 Å². The normalized spacial score (nSPS) is 11.4. The number of amides is 1. The maximum Gasteiger partial charge on any atom is 0.387 e. The molecule has 0 bridgehead atoms. The van der Waals surface area contributed by atoms with Gasteiger partial charge in [0.2, 0.25) is 5.91 Å². The first-order valence-electron chi connectivity index (χ1n) is 7.39. The number of rotatable bonds is 8. The number of nitrogens with zero attached hydrogens (tertiary/aromatic N) is 2. The van der Waals surface area contributed by atoms with Crippen LogP contribution in [0.1, 0.15) is 24.2 Å². The van der Waals surface area contributed by atoms with Crippen LogP contribution < -0.4 is 14.8 Å². The molecule has 1 aromatic heterocycles. The molecule has 154 valence electrons. The lowest BCUT2D eigenvalue weighted by Gasteiger charge is -2.12. The van der Waals surface area contributed by atoms with Crippen molar-refractivity contribution in [2.75, 3.05) is 12.4 Å². The number of alkyl halides is 6. The molecule has 1 heterocycles. The summed E-state index contributed by atoms with van der Waals surface area (Å²) >= 11 is 5.49. The molecule has 2 aromatic rings. The highest BCUT2D eigenvalue weighted by molar-refractivity contribution is 6.32. The second-order valence-corrected chi connectivity index (χ2v) is 5.51. The first-order chi connectivity index (χ1) is 13.1. The lowest BCUT2D eigenvalue weighted by atomic mass is 10.2. The fourth-order valence-electron chi connectivity index (χ4n) is 2.22. The van der Waals surface area contributed by atoms with Gasteiger partial charge in [0.15, 0.2) is 11.5 Å². The molecular weight excluding hydrogens is 420 g/mol. The van der Waals surface area contributed by atoms with Crippen LogP contribution in [-0.2, 0) is 11.3 Å². The van der Waals surface area contributed by atoms with E-state index < -0.39 is 48.3 Å². The van der Waals surface area contributed by atoms with Gasteiger partial charge in [0.25, 0.3) is 12.9 Å². The molecular formula is C15H12ClF6N3O3. The second-order valence-electron chi connectivity index (χ2n) is 5.14. The van der Waals surface area contributed by atoms with Crippen LogP contribution in [-0.4, -0.2) is 29.4 Å². The van der Waals surface area contributed by atoms with E-state index in [2.05, 4.69) is 15.2 Å². The van der Waals surface area contributed by atoms with E-state index in [1.165, 1.54) is 13.2 Å². The molecule has 0 saturated carbocycles. The van der Waals surface area contributed by atoms with Gasteiger partial charge in [-0.1, -0.05) is 11.6 Å². The highest BCUT2D eigenvalue weighted by Crippen LogP contribution is 2.35. The van der Waals surface area contributed by atoms with Crippen molar-refractivity contribution in [1.29, 1.82) is 0 Å². The van der Waals surface area contributed by atoms with Crippen LogP contribution in [0.15, 0.2) is 18.2 Å². The Bertz CT molecular complexity index is 847. The van der Waals surface area contributed by atoms with Crippen molar-refractivity contribution in [3.63, 3.8) is 0 Å². The van der Waals surface area contributed by atoms with Crippen molar-refractivity contribution in [3.8, 4) is 11.5 Å². The van der Waals surface area contributed by atoms with E-state index >= 15 is 0 Å². The predicted molar refractivity (Wildman–Crippen MR) is 85.4 cm³/mol. The monoisotopic (exact) mass is 431 g/mol. The molecule has 1 N–H and O–H groups in total. The van der Waals surface area contributed by atoms with E-state index in [0.29, 0.717) is 4.68 Å². The number of halogens is 7.